The monoisotopic (exact) mass is 383 g/mol. The number of nitrogens with zero attached hydrogens (tertiary/aromatic N) is 3. The minimum atomic E-state index is 0.740. The molecule has 3 aromatic carbocycles. The maximum absolute atomic E-state index is 6.01. The number of imidazole rings is 2. The van der Waals surface area contributed by atoms with E-state index in [2.05, 4.69) is 69.9 Å². The molecular weight excluding hydrogens is 366 g/mol. The predicted molar refractivity (Wildman–Crippen MR) is 115 cm³/mol. The summed E-state index contributed by atoms with van der Waals surface area (Å²) in [6.45, 7) is 0. The third kappa shape index (κ3) is 2.90. The normalized spacial score (nSPS) is 11.2. The number of fused-ring (bicyclic) bond motifs is 1. The van der Waals surface area contributed by atoms with Crippen LogP contribution in [0.3, 0.4) is 0 Å². The molecule has 5 rings (SSSR count). The summed E-state index contributed by atoms with van der Waals surface area (Å²) < 4.78 is 4.18. The molecule has 28 heavy (non-hydrogen) atoms. The molecule has 5 aromatic rings. The topological polar surface area (TPSA) is 22.2 Å². The van der Waals surface area contributed by atoms with Crippen molar-refractivity contribution >= 4 is 17.4 Å². The van der Waals surface area contributed by atoms with Crippen molar-refractivity contribution in [1.29, 1.82) is 0 Å². The van der Waals surface area contributed by atoms with Gasteiger partial charge in [0.25, 0.3) is 0 Å². The first-order chi connectivity index (χ1) is 13.7. The van der Waals surface area contributed by atoms with Crippen LogP contribution in [0, 0.1) is 0 Å². The summed E-state index contributed by atoms with van der Waals surface area (Å²) in [6, 6.07) is 26.8. The number of aryl methyl sites for hydroxylation is 1. The van der Waals surface area contributed by atoms with E-state index in [1.54, 1.807) is 0 Å². The van der Waals surface area contributed by atoms with Crippen LogP contribution in [-0.2, 0) is 7.05 Å². The summed E-state index contributed by atoms with van der Waals surface area (Å²) in [5, 5.41) is 0.740. The summed E-state index contributed by atoms with van der Waals surface area (Å²) in [6.07, 6.45) is 4.18. The Kier molecular flexibility index (Phi) is 4.03. The number of rotatable bonds is 3. The molecular formula is C24H18ClN3. The molecule has 0 aliphatic rings. The van der Waals surface area contributed by atoms with Crippen molar-refractivity contribution in [1.82, 2.24) is 14.0 Å². The summed E-state index contributed by atoms with van der Waals surface area (Å²) in [5.74, 6) is 0.909. The molecule has 0 bridgehead atoms. The van der Waals surface area contributed by atoms with Gasteiger partial charge < -0.3 is 4.57 Å². The molecule has 2 aromatic heterocycles. The highest BCUT2D eigenvalue weighted by Gasteiger charge is 2.12. The lowest BCUT2D eigenvalue weighted by molar-refractivity contribution is 0.945. The van der Waals surface area contributed by atoms with Gasteiger partial charge in [0.1, 0.15) is 0 Å². The highest BCUT2D eigenvalue weighted by molar-refractivity contribution is 6.30. The fourth-order valence-corrected chi connectivity index (χ4v) is 3.67. The summed E-state index contributed by atoms with van der Waals surface area (Å²) >= 11 is 6.01. The van der Waals surface area contributed by atoms with Crippen LogP contribution < -0.4 is 0 Å². The van der Waals surface area contributed by atoms with Gasteiger partial charge in [-0.3, -0.25) is 4.40 Å². The van der Waals surface area contributed by atoms with E-state index in [0.29, 0.717) is 0 Å². The van der Waals surface area contributed by atoms with Crippen molar-refractivity contribution in [3.63, 3.8) is 0 Å². The van der Waals surface area contributed by atoms with Gasteiger partial charge in [-0.05, 0) is 28.8 Å². The molecule has 136 valence electrons. The Bertz CT molecular complexity index is 1250. The highest BCUT2D eigenvalue weighted by Crippen LogP contribution is 2.28. The average molecular weight is 384 g/mol. The summed E-state index contributed by atoms with van der Waals surface area (Å²) in [5.41, 5.74) is 6.72. The van der Waals surface area contributed by atoms with Crippen LogP contribution in [0.1, 0.15) is 0 Å². The average Bonchev–Trinajstić information content (AvgIpc) is 3.29. The molecule has 0 N–H and O–H groups in total. The molecule has 0 amide bonds. The van der Waals surface area contributed by atoms with Crippen LogP contribution in [0.5, 0.6) is 0 Å². The van der Waals surface area contributed by atoms with E-state index < -0.39 is 0 Å². The molecule has 2 heterocycles. The van der Waals surface area contributed by atoms with Gasteiger partial charge in [0, 0.05) is 30.0 Å². The van der Waals surface area contributed by atoms with Gasteiger partial charge in [-0.1, -0.05) is 78.3 Å². The Morgan fingerprint density at radius 3 is 1.96 bits per heavy atom. The van der Waals surface area contributed by atoms with E-state index in [0.717, 1.165) is 33.3 Å². The first-order valence-corrected chi connectivity index (χ1v) is 9.53. The second kappa shape index (κ2) is 6.70. The lowest BCUT2D eigenvalue weighted by atomic mass is 10.0. The molecule has 0 radical (unpaired) electrons. The Morgan fingerprint density at radius 2 is 1.29 bits per heavy atom. The maximum Gasteiger partial charge on any atom is 0.214 e. The largest absolute Gasteiger partial charge is 0.313 e. The Hall–Kier alpha value is -3.30. The third-order valence-electron chi connectivity index (χ3n) is 5.06. The third-order valence-corrected chi connectivity index (χ3v) is 5.32. The van der Waals surface area contributed by atoms with Crippen molar-refractivity contribution in [3.8, 4) is 33.6 Å². The lowest BCUT2D eigenvalue weighted by Gasteiger charge is -2.04. The zero-order valence-electron chi connectivity index (χ0n) is 15.4. The van der Waals surface area contributed by atoms with Crippen molar-refractivity contribution in [2.45, 2.75) is 0 Å². The standard InChI is InChI=1S/C24H18ClN3/c1-27-23(20-11-13-21(25)14-12-20)16-28-15-22(26-24(27)28)19-9-7-18(8-10-19)17-5-3-2-4-6-17/h2-16H,1H3. The van der Waals surface area contributed by atoms with Gasteiger partial charge in [0.05, 0.1) is 11.4 Å². The Morgan fingerprint density at radius 1 is 0.679 bits per heavy atom. The smallest absolute Gasteiger partial charge is 0.214 e. The van der Waals surface area contributed by atoms with Crippen molar-refractivity contribution in [2.24, 2.45) is 7.05 Å². The van der Waals surface area contributed by atoms with E-state index in [1.165, 1.54) is 11.1 Å². The van der Waals surface area contributed by atoms with Gasteiger partial charge >= 0.3 is 0 Å². The van der Waals surface area contributed by atoms with E-state index in [9.17, 15) is 0 Å². The first kappa shape index (κ1) is 16.8. The molecule has 0 fully saturated rings. The van der Waals surface area contributed by atoms with Gasteiger partial charge in [0.15, 0.2) is 0 Å². The summed E-state index contributed by atoms with van der Waals surface area (Å²) in [4.78, 5) is 4.85. The van der Waals surface area contributed by atoms with Crippen LogP contribution in [0.4, 0.5) is 0 Å². The fourth-order valence-electron chi connectivity index (χ4n) is 3.55. The molecule has 0 saturated heterocycles. The lowest BCUT2D eigenvalue weighted by Crippen LogP contribution is -1.92. The Balaban J connectivity index is 1.50. The molecule has 3 nitrogen and oxygen atoms in total. The molecule has 4 heteroatoms. The van der Waals surface area contributed by atoms with Gasteiger partial charge in [-0.2, -0.15) is 0 Å². The molecule has 0 aliphatic heterocycles. The van der Waals surface area contributed by atoms with Gasteiger partial charge in [0.2, 0.25) is 5.78 Å². The first-order valence-electron chi connectivity index (χ1n) is 9.15. The zero-order valence-corrected chi connectivity index (χ0v) is 16.1. The number of benzene rings is 3. The molecule has 0 unspecified atom stereocenters. The van der Waals surface area contributed by atoms with E-state index in [1.807, 2.05) is 37.4 Å². The van der Waals surface area contributed by atoms with Crippen molar-refractivity contribution < 1.29 is 0 Å². The number of hydrogen-bond acceptors (Lipinski definition) is 1. The Labute approximate surface area is 168 Å². The van der Waals surface area contributed by atoms with Crippen LogP contribution in [0.25, 0.3) is 39.4 Å². The number of hydrogen-bond donors (Lipinski definition) is 0. The second-order valence-corrected chi connectivity index (χ2v) is 7.29. The maximum atomic E-state index is 6.01. The van der Waals surface area contributed by atoms with Crippen molar-refractivity contribution in [3.05, 3.63) is 96.3 Å². The molecule has 0 atom stereocenters. The minimum Gasteiger partial charge on any atom is -0.313 e. The van der Waals surface area contributed by atoms with Crippen LogP contribution >= 0.6 is 11.6 Å². The molecule has 0 spiro atoms. The predicted octanol–water partition coefficient (Wildman–Crippen LogP) is 6.33. The van der Waals surface area contributed by atoms with Crippen LogP contribution in [0.15, 0.2) is 91.3 Å². The number of halogens is 1. The van der Waals surface area contributed by atoms with Gasteiger partial charge in [-0.15, -0.1) is 0 Å². The second-order valence-electron chi connectivity index (χ2n) is 6.86. The fraction of sp³-hybridized carbons (Fsp3) is 0.0417. The zero-order chi connectivity index (χ0) is 19.1. The minimum absolute atomic E-state index is 0.740. The van der Waals surface area contributed by atoms with Crippen molar-refractivity contribution in [2.75, 3.05) is 0 Å². The molecule has 0 aliphatic carbocycles. The van der Waals surface area contributed by atoms with E-state index in [-0.39, 0.29) is 0 Å². The number of aromatic nitrogens is 3. The SMILES string of the molecule is Cn1c(-c2ccc(Cl)cc2)cn2cc(-c3ccc(-c4ccccc4)cc3)nc12. The van der Waals surface area contributed by atoms with Crippen LogP contribution in [0.2, 0.25) is 5.02 Å². The molecule has 0 saturated carbocycles. The van der Waals surface area contributed by atoms with Gasteiger partial charge in [-0.25, -0.2) is 4.98 Å². The highest BCUT2D eigenvalue weighted by atomic mass is 35.5. The summed E-state index contributed by atoms with van der Waals surface area (Å²) in [7, 11) is 2.04. The van der Waals surface area contributed by atoms with E-state index >= 15 is 0 Å². The van der Waals surface area contributed by atoms with E-state index in [4.69, 9.17) is 16.6 Å². The quantitative estimate of drug-likeness (QED) is 0.357. The van der Waals surface area contributed by atoms with Crippen LogP contribution in [-0.4, -0.2) is 14.0 Å².